The Morgan fingerprint density at radius 2 is 1.67 bits per heavy atom. The first kappa shape index (κ1) is 17.6. The summed E-state index contributed by atoms with van der Waals surface area (Å²) < 4.78 is 1.79. The van der Waals surface area contributed by atoms with E-state index < -0.39 is 0 Å². The fraction of sp³-hybridized carbons (Fsp3) is 0.526. The second-order valence-corrected chi connectivity index (χ2v) is 8.09. The van der Waals surface area contributed by atoms with Crippen molar-refractivity contribution in [3.63, 3.8) is 0 Å². The largest absolute Gasteiger partial charge is 0.353 e. The Hall–Kier alpha value is -2.77. The second-order valence-electron chi connectivity index (χ2n) is 8.09. The minimum Gasteiger partial charge on any atom is -0.353 e. The van der Waals surface area contributed by atoms with Gasteiger partial charge in [0.1, 0.15) is 23.8 Å². The molecular weight excluding hydrogens is 340 g/mol. The highest BCUT2D eigenvalue weighted by atomic mass is 15.3. The van der Waals surface area contributed by atoms with Gasteiger partial charge in [-0.3, -0.25) is 4.68 Å². The molecule has 3 aromatic rings. The normalized spacial score (nSPS) is 15.6. The number of hydrogen-bond acceptors (Lipinski definition) is 7. The third kappa shape index (κ3) is 3.31. The number of fused-ring (bicyclic) bond motifs is 1. The molecule has 4 rings (SSSR count). The summed E-state index contributed by atoms with van der Waals surface area (Å²) in [6, 6.07) is 2.13. The molecule has 142 valence electrons. The van der Waals surface area contributed by atoms with Crippen LogP contribution in [-0.2, 0) is 12.5 Å². The zero-order chi connectivity index (χ0) is 19.2. The van der Waals surface area contributed by atoms with Crippen molar-refractivity contribution in [1.82, 2.24) is 29.7 Å². The summed E-state index contributed by atoms with van der Waals surface area (Å²) in [6.07, 6.45) is 3.47. The highest BCUT2D eigenvalue weighted by Gasteiger charge is 2.24. The maximum Gasteiger partial charge on any atom is 0.163 e. The fourth-order valence-electron chi connectivity index (χ4n) is 3.45. The summed E-state index contributed by atoms with van der Waals surface area (Å²) in [6.45, 7) is 12.1. The fourth-order valence-corrected chi connectivity index (χ4v) is 3.45. The van der Waals surface area contributed by atoms with Crippen LogP contribution in [0.1, 0.15) is 32.3 Å². The van der Waals surface area contributed by atoms with Crippen molar-refractivity contribution in [1.29, 1.82) is 0 Å². The lowest BCUT2D eigenvalue weighted by Crippen LogP contribution is -2.47. The van der Waals surface area contributed by atoms with Gasteiger partial charge < -0.3 is 9.80 Å². The molecule has 8 heteroatoms. The van der Waals surface area contributed by atoms with E-state index in [-0.39, 0.29) is 5.41 Å². The van der Waals surface area contributed by atoms with E-state index in [1.807, 2.05) is 20.2 Å². The van der Waals surface area contributed by atoms with Crippen LogP contribution in [0.2, 0.25) is 0 Å². The van der Waals surface area contributed by atoms with Crippen molar-refractivity contribution >= 4 is 22.7 Å². The van der Waals surface area contributed by atoms with Gasteiger partial charge in [0.2, 0.25) is 0 Å². The highest BCUT2D eigenvalue weighted by molar-refractivity contribution is 5.86. The molecule has 0 atom stereocenters. The molecule has 27 heavy (non-hydrogen) atoms. The van der Waals surface area contributed by atoms with Crippen molar-refractivity contribution in [3.05, 3.63) is 30.1 Å². The zero-order valence-corrected chi connectivity index (χ0v) is 16.6. The molecule has 0 amide bonds. The average Bonchev–Trinajstić information content (AvgIpc) is 3.02. The number of nitrogens with zero attached hydrogens (tertiary/aromatic N) is 8. The maximum absolute atomic E-state index is 4.68. The summed E-state index contributed by atoms with van der Waals surface area (Å²) in [4.78, 5) is 22.8. The van der Waals surface area contributed by atoms with Crippen LogP contribution in [0.3, 0.4) is 0 Å². The second kappa shape index (κ2) is 6.44. The van der Waals surface area contributed by atoms with E-state index in [0.717, 1.165) is 60.4 Å². The lowest BCUT2D eigenvalue weighted by atomic mass is 9.92. The average molecular weight is 366 g/mol. The van der Waals surface area contributed by atoms with Crippen molar-refractivity contribution in [2.24, 2.45) is 7.05 Å². The predicted molar refractivity (Wildman–Crippen MR) is 106 cm³/mol. The Morgan fingerprint density at radius 3 is 2.37 bits per heavy atom. The summed E-state index contributed by atoms with van der Waals surface area (Å²) in [5, 5.41) is 5.32. The van der Waals surface area contributed by atoms with Gasteiger partial charge in [0.05, 0.1) is 17.3 Å². The molecular formula is C19H26N8. The van der Waals surface area contributed by atoms with Crippen LogP contribution in [0, 0.1) is 6.92 Å². The van der Waals surface area contributed by atoms with Gasteiger partial charge in [-0.05, 0) is 6.92 Å². The van der Waals surface area contributed by atoms with Crippen molar-refractivity contribution in [2.45, 2.75) is 33.1 Å². The van der Waals surface area contributed by atoms with Gasteiger partial charge in [0.15, 0.2) is 5.65 Å². The van der Waals surface area contributed by atoms with E-state index >= 15 is 0 Å². The minimum atomic E-state index is 0.0111. The summed E-state index contributed by atoms with van der Waals surface area (Å²) >= 11 is 0. The maximum atomic E-state index is 4.68. The topological polar surface area (TPSA) is 75.9 Å². The smallest absolute Gasteiger partial charge is 0.163 e. The van der Waals surface area contributed by atoms with E-state index in [0.29, 0.717) is 0 Å². The summed E-state index contributed by atoms with van der Waals surface area (Å²) in [5.41, 5.74) is 1.96. The van der Waals surface area contributed by atoms with Crippen molar-refractivity contribution < 1.29 is 0 Å². The van der Waals surface area contributed by atoms with Crippen LogP contribution < -0.4 is 9.80 Å². The van der Waals surface area contributed by atoms with E-state index in [1.54, 1.807) is 11.0 Å². The number of piperazine rings is 1. The molecule has 0 saturated carbocycles. The Balaban J connectivity index is 1.55. The predicted octanol–water partition coefficient (Wildman–Crippen LogP) is 2.09. The van der Waals surface area contributed by atoms with Crippen LogP contribution in [0.25, 0.3) is 11.0 Å². The van der Waals surface area contributed by atoms with E-state index in [4.69, 9.17) is 0 Å². The molecule has 0 aliphatic carbocycles. The lowest BCUT2D eigenvalue weighted by Gasteiger charge is -2.36. The molecule has 0 spiro atoms. The zero-order valence-electron chi connectivity index (χ0n) is 16.6. The molecule has 1 saturated heterocycles. The third-order valence-corrected chi connectivity index (χ3v) is 5.00. The highest BCUT2D eigenvalue weighted by Crippen LogP contribution is 2.26. The monoisotopic (exact) mass is 366 g/mol. The first-order chi connectivity index (χ1) is 12.8. The van der Waals surface area contributed by atoms with Crippen molar-refractivity contribution in [3.8, 4) is 0 Å². The van der Waals surface area contributed by atoms with Gasteiger partial charge in [-0.2, -0.15) is 5.10 Å². The Bertz CT molecular complexity index is 963. The van der Waals surface area contributed by atoms with Gasteiger partial charge >= 0.3 is 0 Å². The third-order valence-electron chi connectivity index (χ3n) is 5.00. The molecule has 0 unspecified atom stereocenters. The number of aromatic nitrogens is 6. The number of anilines is 2. The molecule has 0 bridgehead atoms. The Labute approximate surface area is 159 Å². The van der Waals surface area contributed by atoms with Gasteiger partial charge in [-0.1, -0.05) is 20.8 Å². The number of rotatable bonds is 2. The first-order valence-corrected chi connectivity index (χ1v) is 9.32. The first-order valence-electron chi connectivity index (χ1n) is 9.32. The molecule has 1 aliphatic heterocycles. The molecule has 0 N–H and O–H groups in total. The molecule has 0 radical (unpaired) electrons. The Morgan fingerprint density at radius 1 is 0.963 bits per heavy atom. The van der Waals surface area contributed by atoms with E-state index in [2.05, 4.69) is 61.7 Å². The van der Waals surface area contributed by atoms with E-state index in [9.17, 15) is 0 Å². The van der Waals surface area contributed by atoms with Gasteiger partial charge in [0.25, 0.3) is 0 Å². The molecule has 0 aromatic carbocycles. The summed E-state index contributed by atoms with van der Waals surface area (Å²) in [5.74, 6) is 2.80. The van der Waals surface area contributed by atoms with Crippen LogP contribution in [-0.4, -0.2) is 55.9 Å². The van der Waals surface area contributed by atoms with E-state index in [1.165, 1.54) is 0 Å². The molecule has 8 nitrogen and oxygen atoms in total. The van der Waals surface area contributed by atoms with Crippen LogP contribution in [0.5, 0.6) is 0 Å². The SMILES string of the molecule is Cc1nc(N2CCN(c3ncnc4c3cnn4C)CC2)cc(C(C)(C)C)n1. The Kier molecular flexibility index (Phi) is 4.20. The lowest BCUT2D eigenvalue weighted by molar-refractivity contribution is 0.561. The quantitative estimate of drug-likeness (QED) is 0.687. The van der Waals surface area contributed by atoms with Gasteiger partial charge in [-0.25, -0.2) is 19.9 Å². The van der Waals surface area contributed by atoms with Crippen molar-refractivity contribution in [2.75, 3.05) is 36.0 Å². The van der Waals surface area contributed by atoms with Crippen LogP contribution in [0.15, 0.2) is 18.6 Å². The summed E-state index contributed by atoms with van der Waals surface area (Å²) in [7, 11) is 1.90. The molecule has 3 aromatic heterocycles. The number of aryl methyl sites for hydroxylation is 2. The van der Waals surface area contributed by atoms with Crippen LogP contribution >= 0.6 is 0 Å². The minimum absolute atomic E-state index is 0.0111. The van der Waals surface area contributed by atoms with Gasteiger partial charge in [-0.15, -0.1) is 0 Å². The van der Waals surface area contributed by atoms with Crippen LogP contribution in [0.4, 0.5) is 11.6 Å². The molecule has 4 heterocycles. The van der Waals surface area contributed by atoms with Gasteiger partial charge in [0, 0.05) is 44.7 Å². The number of hydrogen-bond donors (Lipinski definition) is 0. The molecule has 1 fully saturated rings. The standard InChI is InChI=1S/C19H26N8/c1-13-23-15(19(2,3)4)10-16(24-13)26-6-8-27(9-7-26)18-14-11-22-25(5)17(14)20-12-21-18/h10-12H,6-9H2,1-5H3. The molecule has 1 aliphatic rings.